The number of rotatable bonds is 20. The van der Waals surface area contributed by atoms with Crippen molar-refractivity contribution < 1.29 is 9.53 Å². The summed E-state index contributed by atoms with van der Waals surface area (Å²) in [6.07, 6.45) is 39.4. The molecule has 2 nitrogen and oxygen atoms in total. The van der Waals surface area contributed by atoms with Gasteiger partial charge in [0.1, 0.15) is 6.61 Å². The normalized spacial score (nSPS) is 16.9. The van der Waals surface area contributed by atoms with Crippen LogP contribution in [0.15, 0.2) is 83.1 Å². The Morgan fingerprint density at radius 2 is 1.55 bits per heavy atom. The Labute approximate surface area is 248 Å². The largest absolute Gasteiger partial charge is 0.461 e. The predicted octanol–water partition coefficient (Wildman–Crippen LogP) is 11.9. The van der Waals surface area contributed by atoms with Crippen LogP contribution >= 0.6 is 0 Å². The molecular weight excluding hydrogens is 488 g/mol. The van der Waals surface area contributed by atoms with E-state index in [1.807, 2.05) is 13.0 Å². The van der Waals surface area contributed by atoms with E-state index < -0.39 is 0 Å². The monoisotopic (exact) mass is 548 g/mol. The maximum atomic E-state index is 12.0. The lowest BCUT2D eigenvalue weighted by molar-refractivity contribution is -0.142. The van der Waals surface area contributed by atoms with Gasteiger partial charge in [0.25, 0.3) is 0 Å². The Morgan fingerprint density at radius 1 is 0.875 bits per heavy atom. The van der Waals surface area contributed by atoms with E-state index in [1.54, 1.807) is 0 Å². The Balaban J connectivity index is 2.14. The number of carbonyl (C=O) groups is 1. The summed E-state index contributed by atoms with van der Waals surface area (Å²) >= 11 is 0. The molecule has 0 atom stereocenters. The molecule has 0 aliphatic heterocycles. The zero-order chi connectivity index (χ0) is 29.5. The van der Waals surface area contributed by atoms with Crippen LogP contribution in [0.5, 0.6) is 0 Å². The van der Waals surface area contributed by atoms with Gasteiger partial charge >= 0.3 is 5.97 Å². The van der Waals surface area contributed by atoms with Gasteiger partial charge < -0.3 is 4.74 Å². The second-order valence-corrected chi connectivity index (χ2v) is 12.1. The van der Waals surface area contributed by atoms with Crippen molar-refractivity contribution in [3.05, 3.63) is 83.1 Å². The standard InChI is InChI=1S/C38H60O2/c1-7-8-9-10-11-12-13-14-15-16-17-18-19-20-21-27-37(39)40-32-30-34(3)25-22-24-33(2)28-29-36-35(4)26-23-31-38(36,5)6/h12-13,15-16,22,24-25,28-30H,7-11,14,17-21,23,26-27,31-32H2,1-6H3/b13-12-,16-15-,25-22+,29-28+,33-24+,34-30+. The highest BCUT2D eigenvalue weighted by Crippen LogP contribution is 2.40. The van der Waals surface area contributed by atoms with Crippen molar-refractivity contribution in [2.45, 2.75) is 138 Å². The first-order valence-electron chi connectivity index (χ1n) is 16.1. The quantitative estimate of drug-likeness (QED) is 0.0654. The van der Waals surface area contributed by atoms with E-state index in [0.29, 0.717) is 13.0 Å². The fourth-order valence-corrected chi connectivity index (χ4v) is 5.12. The van der Waals surface area contributed by atoms with E-state index in [4.69, 9.17) is 4.74 Å². The van der Waals surface area contributed by atoms with E-state index in [-0.39, 0.29) is 11.4 Å². The van der Waals surface area contributed by atoms with E-state index in [9.17, 15) is 4.79 Å². The smallest absolute Gasteiger partial charge is 0.306 e. The lowest BCUT2D eigenvalue weighted by Crippen LogP contribution is -2.19. The van der Waals surface area contributed by atoms with Crippen molar-refractivity contribution in [1.82, 2.24) is 0 Å². The molecule has 0 aromatic heterocycles. The van der Waals surface area contributed by atoms with Crippen LogP contribution in [0.1, 0.15) is 138 Å². The third-order valence-corrected chi connectivity index (χ3v) is 7.75. The van der Waals surface area contributed by atoms with E-state index in [1.165, 1.54) is 80.9 Å². The van der Waals surface area contributed by atoms with Gasteiger partial charge in [-0.05, 0) is 95.6 Å². The predicted molar refractivity (Wildman–Crippen MR) is 176 cm³/mol. The lowest BCUT2D eigenvalue weighted by atomic mass is 9.72. The number of allylic oxidation sites excluding steroid dienone is 13. The maximum absolute atomic E-state index is 12.0. The van der Waals surface area contributed by atoms with Gasteiger partial charge in [0.2, 0.25) is 0 Å². The summed E-state index contributed by atoms with van der Waals surface area (Å²) in [5.74, 6) is -0.0921. The highest BCUT2D eigenvalue weighted by molar-refractivity contribution is 5.69. The first kappa shape index (κ1) is 35.7. The van der Waals surface area contributed by atoms with Crippen molar-refractivity contribution in [2.75, 3.05) is 6.61 Å². The highest BCUT2D eigenvalue weighted by atomic mass is 16.5. The van der Waals surface area contributed by atoms with Gasteiger partial charge in [-0.3, -0.25) is 4.79 Å². The molecule has 0 amide bonds. The summed E-state index contributed by atoms with van der Waals surface area (Å²) in [5, 5.41) is 0. The highest BCUT2D eigenvalue weighted by Gasteiger charge is 2.26. The second-order valence-electron chi connectivity index (χ2n) is 12.1. The molecule has 0 unspecified atom stereocenters. The molecule has 2 heteroatoms. The number of hydrogen-bond acceptors (Lipinski definition) is 2. The average Bonchev–Trinajstić information content (AvgIpc) is 2.90. The lowest BCUT2D eigenvalue weighted by Gasteiger charge is -2.32. The first-order chi connectivity index (χ1) is 19.3. The summed E-state index contributed by atoms with van der Waals surface area (Å²) < 4.78 is 5.40. The summed E-state index contributed by atoms with van der Waals surface area (Å²) in [6.45, 7) is 13.8. The molecule has 1 rings (SSSR count). The molecule has 0 N–H and O–H groups in total. The summed E-state index contributed by atoms with van der Waals surface area (Å²) in [4.78, 5) is 12.0. The molecule has 0 radical (unpaired) electrons. The van der Waals surface area contributed by atoms with Crippen LogP contribution in [0.3, 0.4) is 0 Å². The number of ether oxygens (including phenoxy) is 1. The molecule has 0 fully saturated rings. The Bertz CT molecular complexity index is 917. The molecule has 0 saturated carbocycles. The minimum atomic E-state index is -0.0921. The number of esters is 1. The fraction of sp³-hybridized carbons (Fsp3) is 0.605. The van der Waals surface area contributed by atoms with Crippen molar-refractivity contribution >= 4 is 5.97 Å². The number of carbonyl (C=O) groups excluding carboxylic acids is 1. The minimum Gasteiger partial charge on any atom is -0.461 e. The third-order valence-electron chi connectivity index (χ3n) is 7.75. The molecule has 0 bridgehead atoms. The maximum Gasteiger partial charge on any atom is 0.306 e. The van der Waals surface area contributed by atoms with Crippen LogP contribution < -0.4 is 0 Å². The minimum absolute atomic E-state index is 0.0921. The van der Waals surface area contributed by atoms with E-state index >= 15 is 0 Å². The molecule has 0 spiro atoms. The van der Waals surface area contributed by atoms with Crippen LogP contribution in [-0.4, -0.2) is 12.6 Å². The molecule has 0 saturated heterocycles. The van der Waals surface area contributed by atoms with Gasteiger partial charge in [-0.1, -0.05) is 124 Å². The summed E-state index contributed by atoms with van der Waals surface area (Å²) in [6, 6.07) is 0. The van der Waals surface area contributed by atoms with Crippen molar-refractivity contribution in [3.63, 3.8) is 0 Å². The molecule has 0 heterocycles. The van der Waals surface area contributed by atoms with E-state index in [2.05, 4.69) is 89.3 Å². The van der Waals surface area contributed by atoms with Gasteiger partial charge in [-0.15, -0.1) is 0 Å². The Hall–Kier alpha value is -2.35. The van der Waals surface area contributed by atoms with Crippen LogP contribution in [0.2, 0.25) is 0 Å². The number of unbranched alkanes of at least 4 members (excludes halogenated alkanes) is 8. The first-order valence-corrected chi connectivity index (χ1v) is 16.1. The Kier molecular flexibility index (Phi) is 19.9. The average molecular weight is 549 g/mol. The van der Waals surface area contributed by atoms with Crippen LogP contribution in [-0.2, 0) is 9.53 Å². The van der Waals surface area contributed by atoms with Crippen molar-refractivity contribution in [2.24, 2.45) is 5.41 Å². The topological polar surface area (TPSA) is 26.3 Å². The van der Waals surface area contributed by atoms with Gasteiger partial charge in [-0.2, -0.15) is 0 Å². The molecule has 1 aliphatic carbocycles. The molecular formula is C38H60O2. The third kappa shape index (κ3) is 18.1. The Morgan fingerprint density at radius 3 is 2.23 bits per heavy atom. The zero-order valence-electron chi connectivity index (χ0n) is 26.9. The fourth-order valence-electron chi connectivity index (χ4n) is 5.12. The van der Waals surface area contributed by atoms with Crippen LogP contribution in [0.25, 0.3) is 0 Å². The summed E-state index contributed by atoms with van der Waals surface area (Å²) in [5.41, 5.74) is 5.62. The number of hydrogen-bond donors (Lipinski definition) is 0. The van der Waals surface area contributed by atoms with Gasteiger partial charge in [-0.25, -0.2) is 0 Å². The molecule has 40 heavy (non-hydrogen) atoms. The molecule has 0 aromatic carbocycles. The zero-order valence-corrected chi connectivity index (χ0v) is 26.9. The second kappa shape index (κ2) is 22.4. The van der Waals surface area contributed by atoms with Gasteiger partial charge in [0.05, 0.1) is 0 Å². The molecule has 0 aromatic rings. The van der Waals surface area contributed by atoms with Crippen LogP contribution in [0.4, 0.5) is 0 Å². The van der Waals surface area contributed by atoms with Crippen molar-refractivity contribution in [3.8, 4) is 0 Å². The SMILES string of the molecule is CCCCCC/C=C\C/C=C\CCCCCCC(=O)OC/C=C(C)/C=C/C=C(C)/C=C/C1=C(C)CCCC1(C)C. The van der Waals surface area contributed by atoms with Gasteiger partial charge in [0.15, 0.2) is 0 Å². The van der Waals surface area contributed by atoms with Crippen LogP contribution in [0, 0.1) is 5.41 Å². The molecule has 224 valence electrons. The molecule has 1 aliphatic rings. The van der Waals surface area contributed by atoms with E-state index in [0.717, 1.165) is 31.3 Å². The van der Waals surface area contributed by atoms with Crippen molar-refractivity contribution in [1.29, 1.82) is 0 Å². The summed E-state index contributed by atoms with van der Waals surface area (Å²) in [7, 11) is 0. The van der Waals surface area contributed by atoms with Gasteiger partial charge in [0, 0.05) is 6.42 Å².